The molecule has 0 radical (unpaired) electrons. The van der Waals surface area contributed by atoms with Gasteiger partial charge in [-0.05, 0) is 0 Å². The van der Waals surface area contributed by atoms with Gasteiger partial charge < -0.3 is 0 Å². The number of rotatable bonds is 2. The first-order chi connectivity index (χ1) is 9.73. The standard InChI is InChI=1S/C17H33O2P/c18-14-11-12-17(19)20(13-14,15-7-3-1-4-8-15)16-9-5-2-6-10-16/h14-20H,1-13H2. The topological polar surface area (TPSA) is 40.5 Å². The van der Waals surface area contributed by atoms with Gasteiger partial charge in [0.1, 0.15) is 0 Å². The van der Waals surface area contributed by atoms with Crippen LogP contribution in [0.4, 0.5) is 0 Å². The molecule has 3 heteroatoms. The van der Waals surface area contributed by atoms with Crippen LogP contribution >= 0.6 is 7.26 Å². The predicted octanol–water partition coefficient (Wildman–Crippen LogP) is 3.87. The van der Waals surface area contributed by atoms with Crippen LogP contribution in [-0.2, 0) is 0 Å². The van der Waals surface area contributed by atoms with Crippen molar-refractivity contribution < 1.29 is 10.2 Å². The van der Waals surface area contributed by atoms with Crippen LogP contribution in [0, 0.1) is 0 Å². The van der Waals surface area contributed by atoms with Gasteiger partial charge in [0.15, 0.2) is 0 Å². The summed E-state index contributed by atoms with van der Waals surface area (Å²) in [6.45, 7) is 0. The molecule has 3 rings (SSSR count). The fraction of sp³-hybridized carbons (Fsp3) is 1.00. The van der Waals surface area contributed by atoms with E-state index in [1.165, 1.54) is 64.2 Å². The van der Waals surface area contributed by atoms with E-state index in [0.29, 0.717) is 0 Å². The molecule has 1 saturated heterocycles. The predicted molar refractivity (Wildman–Crippen MR) is 88.2 cm³/mol. The van der Waals surface area contributed by atoms with Gasteiger partial charge in [-0.3, -0.25) is 0 Å². The van der Waals surface area contributed by atoms with Gasteiger partial charge >= 0.3 is 124 Å². The fourth-order valence-electron chi connectivity index (χ4n) is 5.76. The Kier molecular flexibility index (Phi) is 5.06. The molecule has 0 aromatic carbocycles. The molecule has 2 nitrogen and oxygen atoms in total. The normalized spacial score (nSPS) is 38.5. The average molecular weight is 300 g/mol. The second-order valence-electron chi connectivity index (χ2n) is 7.73. The van der Waals surface area contributed by atoms with Crippen molar-refractivity contribution in [3.8, 4) is 0 Å². The Balaban J connectivity index is 1.87. The average Bonchev–Trinajstić information content (AvgIpc) is 2.51. The molecule has 2 N–H and O–H groups in total. The minimum atomic E-state index is -1.74. The third kappa shape index (κ3) is 2.81. The summed E-state index contributed by atoms with van der Waals surface area (Å²) in [6.07, 6.45) is 16.3. The Bertz CT molecular complexity index is 290. The molecule has 3 aliphatic rings. The van der Waals surface area contributed by atoms with Crippen LogP contribution in [-0.4, -0.2) is 39.6 Å². The zero-order valence-electron chi connectivity index (χ0n) is 12.9. The molecule has 1 aliphatic heterocycles. The van der Waals surface area contributed by atoms with Gasteiger partial charge in [0.2, 0.25) is 0 Å². The van der Waals surface area contributed by atoms with Crippen molar-refractivity contribution in [2.75, 3.05) is 6.16 Å². The third-order valence-electron chi connectivity index (χ3n) is 6.71. The molecule has 2 saturated carbocycles. The number of hydrogen-bond donors (Lipinski definition) is 2. The molecule has 1 heterocycles. The summed E-state index contributed by atoms with van der Waals surface area (Å²) in [4.78, 5) is 0. The SMILES string of the molecule is OC1CCC(O)[PH](C2CCCCC2)(C2CCCCC2)C1. The van der Waals surface area contributed by atoms with E-state index in [1.807, 2.05) is 0 Å². The van der Waals surface area contributed by atoms with Crippen molar-refractivity contribution in [1.29, 1.82) is 0 Å². The van der Waals surface area contributed by atoms with Gasteiger partial charge in [0.05, 0.1) is 0 Å². The third-order valence-corrected chi connectivity index (χ3v) is 13.6. The first kappa shape index (κ1) is 15.3. The summed E-state index contributed by atoms with van der Waals surface area (Å²) in [6, 6.07) is 0. The van der Waals surface area contributed by atoms with Crippen molar-refractivity contribution in [2.45, 2.75) is 100 Å². The zero-order chi connectivity index (χ0) is 14.0. The van der Waals surface area contributed by atoms with Crippen molar-refractivity contribution in [3.05, 3.63) is 0 Å². The van der Waals surface area contributed by atoms with E-state index in [4.69, 9.17) is 0 Å². The van der Waals surface area contributed by atoms with E-state index < -0.39 is 7.26 Å². The van der Waals surface area contributed by atoms with Crippen molar-refractivity contribution in [3.63, 3.8) is 0 Å². The van der Waals surface area contributed by atoms with Crippen molar-refractivity contribution >= 4 is 7.26 Å². The molecule has 0 bridgehead atoms. The second-order valence-corrected chi connectivity index (χ2v) is 12.7. The van der Waals surface area contributed by atoms with E-state index in [9.17, 15) is 10.2 Å². The fourth-order valence-corrected chi connectivity index (χ4v) is 13.1. The zero-order valence-corrected chi connectivity index (χ0v) is 13.9. The maximum atomic E-state index is 11.0. The molecule has 2 aliphatic carbocycles. The van der Waals surface area contributed by atoms with Gasteiger partial charge in [0.25, 0.3) is 0 Å². The Hall–Kier alpha value is 0.350. The van der Waals surface area contributed by atoms with Crippen LogP contribution in [0.3, 0.4) is 0 Å². The Labute approximate surface area is 124 Å². The molecular weight excluding hydrogens is 267 g/mol. The molecular formula is C17H33O2P. The minimum absolute atomic E-state index is 0.0166. The first-order valence-electron chi connectivity index (χ1n) is 9.09. The van der Waals surface area contributed by atoms with Gasteiger partial charge in [-0.1, -0.05) is 0 Å². The molecule has 118 valence electrons. The van der Waals surface area contributed by atoms with Crippen LogP contribution in [0.25, 0.3) is 0 Å². The molecule has 2 unspecified atom stereocenters. The second kappa shape index (κ2) is 6.63. The van der Waals surface area contributed by atoms with Crippen LogP contribution in [0.1, 0.15) is 77.0 Å². The maximum absolute atomic E-state index is 11.0. The molecule has 0 spiro atoms. The van der Waals surface area contributed by atoms with E-state index >= 15 is 0 Å². The van der Waals surface area contributed by atoms with Gasteiger partial charge in [0, 0.05) is 0 Å². The molecule has 0 aromatic rings. The summed E-state index contributed by atoms with van der Waals surface area (Å²) in [7, 11) is -1.74. The van der Waals surface area contributed by atoms with Crippen LogP contribution < -0.4 is 0 Å². The Morgan fingerprint density at radius 1 is 0.600 bits per heavy atom. The summed E-state index contributed by atoms with van der Waals surface area (Å²) in [5, 5.41) is 21.3. The van der Waals surface area contributed by atoms with Crippen molar-refractivity contribution in [1.82, 2.24) is 0 Å². The van der Waals surface area contributed by atoms with Gasteiger partial charge in [-0.2, -0.15) is 0 Å². The number of hydrogen-bond acceptors (Lipinski definition) is 2. The first-order valence-corrected chi connectivity index (χ1v) is 11.5. The monoisotopic (exact) mass is 300 g/mol. The molecule has 2 atom stereocenters. The summed E-state index contributed by atoms with van der Waals surface area (Å²) in [5.41, 5.74) is 1.62. The van der Waals surface area contributed by atoms with Crippen LogP contribution in [0.5, 0.6) is 0 Å². The molecule has 0 amide bonds. The van der Waals surface area contributed by atoms with E-state index in [1.54, 1.807) is 0 Å². The quantitative estimate of drug-likeness (QED) is 0.760. The Morgan fingerprint density at radius 3 is 1.60 bits per heavy atom. The Morgan fingerprint density at radius 2 is 1.10 bits per heavy atom. The van der Waals surface area contributed by atoms with E-state index in [0.717, 1.165) is 30.3 Å². The van der Waals surface area contributed by atoms with E-state index in [2.05, 4.69) is 0 Å². The van der Waals surface area contributed by atoms with Crippen LogP contribution in [0.15, 0.2) is 0 Å². The molecule has 0 aromatic heterocycles. The summed E-state index contributed by atoms with van der Waals surface area (Å²) in [5.74, 6) is -0.0166. The number of aliphatic hydroxyl groups excluding tert-OH is 2. The van der Waals surface area contributed by atoms with E-state index in [-0.39, 0.29) is 11.9 Å². The van der Waals surface area contributed by atoms with Crippen LogP contribution in [0.2, 0.25) is 0 Å². The molecule has 20 heavy (non-hydrogen) atoms. The van der Waals surface area contributed by atoms with Gasteiger partial charge in [-0.15, -0.1) is 0 Å². The summed E-state index contributed by atoms with van der Waals surface area (Å²) >= 11 is 0. The van der Waals surface area contributed by atoms with Gasteiger partial charge in [-0.25, -0.2) is 0 Å². The van der Waals surface area contributed by atoms with Crippen molar-refractivity contribution in [2.24, 2.45) is 0 Å². The number of aliphatic hydroxyl groups is 2. The summed E-state index contributed by atoms with van der Waals surface area (Å²) < 4.78 is 0. The molecule has 3 fully saturated rings.